The molecule has 2 nitrogen and oxygen atoms in total. The Bertz CT molecular complexity index is 554. The third kappa shape index (κ3) is 4.95. The van der Waals surface area contributed by atoms with Gasteiger partial charge in [-0.05, 0) is 15.4 Å². The van der Waals surface area contributed by atoms with Gasteiger partial charge in [0.05, 0.1) is 0 Å². The van der Waals surface area contributed by atoms with Gasteiger partial charge >= 0.3 is 0 Å². The molecule has 0 saturated heterocycles. The van der Waals surface area contributed by atoms with Crippen LogP contribution in [0.25, 0.3) is 0 Å². The summed E-state index contributed by atoms with van der Waals surface area (Å²) in [4.78, 5) is 10.9. The normalized spacial score (nSPS) is 11.2. The smallest absolute Gasteiger partial charge is 0.222 e. The maximum absolute atomic E-state index is 9.43. The molecular formula is C19H26ClNOSi. The van der Waals surface area contributed by atoms with Crippen LogP contribution in [0, 0.1) is 0 Å². The number of carbonyl (C=O) groups excluding carboxylic acids is 1. The molecule has 0 radical (unpaired) electrons. The molecule has 0 bridgehead atoms. The van der Waals surface area contributed by atoms with Crippen molar-refractivity contribution in [3.63, 3.8) is 0 Å². The third-order valence-electron chi connectivity index (χ3n) is 3.59. The standard InChI is InChI=1S/C16H19ClSi.C3H7NO/c1-16(2,3)18(17,14-10-6-4-7-11-14)15-12-8-5-9-13-15;1-4(2)3-5/h4-13H,1-3H3;3H,1-2H3. The highest BCUT2D eigenvalue weighted by molar-refractivity contribution is 7.35. The highest BCUT2D eigenvalue weighted by atomic mass is 35.6. The van der Waals surface area contributed by atoms with Crippen molar-refractivity contribution in [3.05, 3.63) is 60.7 Å². The molecule has 23 heavy (non-hydrogen) atoms. The van der Waals surface area contributed by atoms with E-state index in [1.165, 1.54) is 15.3 Å². The van der Waals surface area contributed by atoms with E-state index in [-0.39, 0.29) is 5.04 Å². The number of benzene rings is 2. The van der Waals surface area contributed by atoms with Crippen molar-refractivity contribution in [2.75, 3.05) is 14.1 Å². The van der Waals surface area contributed by atoms with E-state index in [0.29, 0.717) is 0 Å². The number of halogens is 1. The molecule has 0 N–H and O–H groups in total. The molecule has 0 aliphatic rings. The van der Waals surface area contributed by atoms with E-state index in [4.69, 9.17) is 11.1 Å². The zero-order chi connectivity index (χ0) is 17.5. The minimum Gasteiger partial charge on any atom is -0.351 e. The highest BCUT2D eigenvalue weighted by Crippen LogP contribution is 2.38. The lowest BCUT2D eigenvalue weighted by atomic mass is 10.2. The first-order valence-corrected chi connectivity index (χ1v) is 10.7. The number of nitrogens with zero attached hydrogens (tertiary/aromatic N) is 1. The molecule has 124 valence electrons. The average Bonchev–Trinajstić information content (AvgIpc) is 2.55. The predicted molar refractivity (Wildman–Crippen MR) is 103 cm³/mol. The second-order valence-electron chi connectivity index (χ2n) is 6.71. The van der Waals surface area contributed by atoms with Crippen LogP contribution in [0.3, 0.4) is 0 Å². The molecule has 2 rings (SSSR count). The number of hydrogen-bond donors (Lipinski definition) is 0. The summed E-state index contributed by atoms with van der Waals surface area (Å²) in [6.45, 7) is 6.73. The minimum atomic E-state index is -2.23. The Hall–Kier alpha value is -1.58. The maximum atomic E-state index is 9.43. The highest BCUT2D eigenvalue weighted by Gasteiger charge is 2.46. The summed E-state index contributed by atoms with van der Waals surface area (Å²) in [7, 11) is 1.14. The maximum Gasteiger partial charge on any atom is 0.222 e. The molecule has 4 heteroatoms. The lowest BCUT2D eigenvalue weighted by molar-refractivity contribution is -0.115. The van der Waals surface area contributed by atoms with E-state index in [2.05, 4.69) is 69.3 Å². The van der Waals surface area contributed by atoms with Gasteiger partial charge in [-0.15, -0.1) is 0 Å². The monoisotopic (exact) mass is 347 g/mol. The third-order valence-corrected chi connectivity index (χ3v) is 10.9. The number of carbonyl (C=O) groups is 1. The van der Waals surface area contributed by atoms with Crippen molar-refractivity contribution >= 4 is 35.2 Å². The van der Waals surface area contributed by atoms with Crippen molar-refractivity contribution in [1.29, 1.82) is 0 Å². The molecule has 0 heterocycles. The second kappa shape index (κ2) is 8.32. The van der Waals surface area contributed by atoms with Gasteiger partial charge in [0, 0.05) is 14.1 Å². The summed E-state index contributed by atoms with van der Waals surface area (Å²) in [6, 6.07) is 21.1. The topological polar surface area (TPSA) is 20.3 Å². The summed E-state index contributed by atoms with van der Waals surface area (Å²) in [5.41, 5.74) is 0. The summed E-state index contributed by atoms with van der Waals surface area (Å²) in [5.74, 6) is 0. The Labute approximate surface area is 145 Å². The van der Waals surface area contributed by atoms with Crippen LogP contribution in [-0.4, -0.2) is 32.8 Å². The second-order valence-corrected chi connectivity index (χ2v) is 12.4. The van der Waals surface area contributed by atoms with Gasteiger partial charge in [-0.3, -0.25) is 4.79 Å². The molecule has 0 aliphatic carbocycles. The van der Waals surface area contributed by atoms with Crippen LogP contribution in [0.1, 0.15) is 20.8 Å². The Morgan fingerprint density at radius 3 is 1.39 bits per heavy atom. The van der Waals surface area contributed by atoms with Crippen LogP contribution in [0.4, 0.5) is 0 Å². The molecule has 0 spiro atoms. The van der Waals surface area contributed by atoms with E-state index in [0.717, 1.165) is 6.41 Å². The molecule has 1 amide bonds. The van der Waals surface area contributed by atoms with Crippen molar-refractivity contribution in [2.45, 2.75) is 25.8 Å². The quantitative estimate of drug-likeness (QED) is 0.473. The average molecular weight is 348 g/mol. The van der Waals surface area contributed by atoms with Crippen LogP contribution in [0.5, 0.6) is 0 Å². The zero-order valence-electron chi connectivity index (χ0n) is 14.6. The van der Waals surface area contributed by atoms with Crippen molar-refractivity contribution in [2.24, 2.45) is 0 Å². The van der Waals surface area contributed by atoms with Crippen molar-refractivity contribution in [1.82, 2.24) is 4.90 Å². The summed E-state index contributed by atoms with van der Waals surface area (Å²) in [5, 5.41) is 2.63. The van der Waals surface area contributed by atoms with E-state index in [1.807, 2.05) is 12.1 Å². The fourth-order valence-corrected chi connectivity index (χ4v) is 6.49. The van der Waals surface area contributed by atoms with Gasteiger partial charge in [-0.2, -0.15) is 11.1 Å². The van der Waals surface area contributed by atoms with Crippen molar-refractivity contribution < 1.29 is 4.79 Å². The fourth-order valence-electron chi connectivity index (χ4n) is 2.37. The van der Waals surface area contributed by atoms with Gasteiger partial charge in [0.1, 0.15) is 0 Å². The van der Waals surface area contributed by atoms with Crippen LogP contribution in [-0.2, 0) is 4.79 Å². The largest absolute Gasteiger partial charge is 0.351 e. The first-order chi connectivity index (χ1) is 10.7. The summed E-state index contributed by atoms with van der Waals surface area (Å²) < 4.78 is 0. The Kier molecular flexibility index (Phi) is 7.04. The molecule has 0 saturated carbocycles. The molecule has 2 aromatic carbocycles. The number of rotatable bonds is 3. The van der Waals surface area contributed by atoms with Crippen LogP contribution in [0.15, 0.2) is 60.7 Å². The predicted octanol–water partition coefficient (Wildman–Crippen LogP) is 3.49. The molecule has 0 fully saturated rings. The Balaban J connectivity index is 0.000000463. The Morgan fingerprint density at radius 2 is 1.17 bits per heavy atom. The number of hydrogen-bond acceptors (Lipinski definition) is 1. The SMILES string of the molecule is CC(C)(C)[Si](Cl)(c1ccccc1)c1ccccc1.CN(C)C=O. The summed E-state index contributed by atoms with van der Waals surface area (Å²) >= 11 is 7.21. The van der Waals surface area contributed by atoms with E-state index >= 15 is 0 Å². The minimum absolute atomic E-state index is 0.0667. The van der Waals surface area contributed by atoms with Gasteiger partial charge in [0.15, 0.2) is 0 Å². The van der Waals surface area contributed by atoms with Gasteiger partial charge in [0.25, 0.3) is 0 Å². The molecule has 0 aromatic heterocycles. The van der Waals surface area contributed by atoms with Gasteiger partial charge in [-0.1, -0.05) is 81.4 Å². The summed E-state index contributed by atoms with van der Waals surface area (Å²) in [6.07, 6.45) is 0.750. The van der Waals surface area contributed by atoms with Crippen LogP contribution >= 0.6 is 11.1 Å². The van der Waals surface area contributed by atoms with Crippen LogP contribution in [0.2, 0.25) is 5.04 Å². The van der Waals surface area contributed by atoms with E-state index < -0.39 is 7.38 Å². The van der Waals surface area contributed by atoms with E-state index in [9.17, 15) is 4.79 Å². The molecule has 0 aliphatic heterocycles. The molecular weight excluding hydrogens is 322 g/mol. The lowest BCUT2D eigenvalue weighted by Crippen LogP contribution is -2.59. The molecule has 2 aromatic rings. The van der Waals surface area contributed by atoms with Gasteiger partial charge < -0.3 is 4.90 Å². The first kappa shape index (κ1) is 19.5. The van der Waals surface area contributed by atoms with Crippen LogP contribution < -0.4 is 10.4 Å². The number of amides is 1. The lowest BCUT2D eigenvalue weighted by Gasteiger charge is -2.38. The van der Waals surface area contributed by atoms with Gasteiger partial charge in [0.2, 0.25) is 13.8 Å². The van der Waals surface area contributed by atoms with Crippen molar-refractivity contribution in [3.8, 4) is 0 Å². The van der Waals surface area contributed by atoms with E-state index in [1.54, 1.807) is 14.1 Å². The van der Waals surface area contributed by atoms with Gasteiger partial charge in [-0.25, -0.2) is 0 Å². The first-order valence-electron chi connectivity index (χ1n) is 7.65. The molecule has 0 atom stereocenters. The molecule has 0 unspecified atom stereocenters. The fraction of sp³-hybridized carbons (Fsp3) is 0.316. The zero-order valence-corrected chi connectivity index (χ0v) is 16.3. The Morgan fingerprint density at radius 1 is 0.870 bits per heavy atom.